The third-order valence-electron chi connectivity index (χ3n) is 4.63. The molecule has 3 rings (SSSR count). The number of hydrogen-bond donors (Lipinski definition) is 1. The lowest BCUT2D eigenvalue weighted by Crippen LogP contribution is -2.35. The first-order chi connectivity index (χ1) is 10.2. The molecule has 0 aliphatic carbocycles. The second-order valence-corrected chi connectivity index (χ2v) is 5.89. The molecule has 114 valence electrons. The number of nitrogens with zero attached hydrogens (tertiary/aromatic N) is 2. The van der Waals surface area contributed by atoms with Crippen molar-refractivity contribution in [3.63, 3.8) is 0 Å². The molecule has 21 heavy (non-hydrogen) atoms. The number of nitrogen functional groups attached to an aromatic ring is 1. The van der Waals surface area contributed by atoms with E-state index in [0.29, 0.717) is 17.3 Å². The van der Waals surface area contributed by atoms with Crippen molar-refractivity contribution in [2.24, 2.45) is 0 Å². The van der Waals surface area contributed by atoms with Gasteiger partial charge in [0.15, 0.2) is 0 Å². The average molecular weight is 289 g/mol. The van der Waals surface area contributed by atoms with E-state index in [1.807, 2.05) is 12.1 Å². The van der Waals surface area contributed by atoms with Gasteiger partial charge in [-0.1, -0.05) is 0 Å². The molecule has 0 amide bonds. The minimum Gasteiger partial charge on any atom is -0.465 e. The minimum atomic E-state index is -0.371. The largest absolute Gasteiger partial charge is 0.465 e. The summed E-state index contributed by atoms with van der Waals surface area (Å²) in [7, 11) is 1.38. The molecule has 1 aromatic carbocycles. The van der Waals surface area contributed by atoms with Crippen LogP contribution in [0.5, 0.6) is 0 Å². The predicted molar refractivity (Wildman–Crippen MR) is 83.6 cm³/mol. The summed E-state index contributed by atoms with van der Waals surface area (Å²) in [5.74, 6) is -0.371. The number of methoxy groups -OCH3 is 1. The Labute approximate surface area is 125 Å². The van der Waals surface area contributed by atoms with Gasteiger partial charge in [-0.25, -0.2) is 4.79 Å². The zero-order valence-corrected chi connectivity index (χ0v) is 12.5. The molecular formula is C16H23N3O2. The van der Waals surface area contributed by atoms with E-state index in [9.17, 15) is 4.79 Å². The van der Waals surface area contributed by atoms with Crippen LogP contribution in [0.1, 0.15) is 29.6 Å². The van der Waals surface area contributed by atoms with E-state index in [0.717, 1.165) is 18.8 Å². The van der Waals surface area contributed by atoms with Gasteiger partial charge >= 0.3 is 5.97 Å². The molecule has 2 saturated heterocycles. The van der Waals surface area contributed by atoms with Crippen molar-refractivity contribution in [2.75, 3.05) is 43.9 Å². The summed E-state index contributed by atoms with van der Waals surface area (Å²) in [6.07, 6.45) is 3.84. The molecular weight excluding hydrogens is 266 g/mol. The molecule has 5 heteroatoms. The molecule has 2 aliphatic rings. The molecule has 1 unspecified atom stereocenters. The second-order valence-electron chi connectivity index (χ2n) is 5.89. The van der Waals surface area contributed by atoms with Crippen LogP contribution < -0.4 is 10.6 Å². The number of carbonyl (C=O) groups excluding carboxylic acids is 1. The Kier molecular flexibility index (Phi) is 4.01. The van der Waals surface area contributed by atoms with Crippen molar-refractivity contribution in [3.05, 3.63) is 23.8 Å². The van der Waals surface area contributed by atoms with Crippen LogP contribution in [0.4, 0.5) is 11.4 Å². The van der Waals surface area contributed by atoms with E-state index in [1.54, 1.807) is 6.07 Å². The topological polar surface area (TPSA) is 58.8 Å². The molecule has 2 heterocycles. The molecule has 0 bridgehead atoms. The van der Waals surface area contributed by atoms with Gasteiger partial charge in [0.25, 0.3) is 0 Å². The SMILES string of the molecule is COC(=O)c1cc(N2CCC(N3CCCC3)C2)ccc1N. The van der Waals surface area contributed by atoms with E-state index in [4.69, 9.17) is 10.5 Å². The molecule has 0 saturated carbocycles. The first-order valence-corrected chi connectivity index (χ1v) is 7.66. The quantitative estimate of drug-likeness (QED) is 0.678. The summed E-state index contributed by atoms with van der Waals surface area (Å²) in [4.78, 5) is 16.7. The number of benzene rings is 1. The Morgan fingerprint density at radius 1 is 1.29 bits per heavy atom. The summed E-state index contributed by atoms with van der Waals surface area (Å²) < 4.78 is 4.79. The Morgan fingerprint density at radius 3 is 2.76 bits per heavy atom. The average Bonchev–Trinajstić information content (AvgIpc) is 3.17. The fourth-order valence-corrected chi connectivity index (χ4v) is 3.41. The molecule has 0 spiro atoms. The smallest absolute Gasteiger partial charge is 0.340 e. The number of ether oxygens (including phenoxy) is 1. The first kappa shape index (κ1) is 14.2. The van der Waals surface area contributed by atoms with Crippen molar-refractivity contribution in [2.45, 2.75) is 25.3 Å². The van der Waals surface area contributed by atoms with Gasteiger partial charge in [0.2, 0.25) is 0 Å². The minimum absolute atomic E-state index is 0.371. The lowest BCUT2D eigenvalue weighted by molar-refractivity contribution is 0.0602. The fraction of sp³-hybridized carbons (Fsp3) is 0.562. The van der Waals surface area contributed by atoms with Crippen LogP contribution in [0.15, 0.2) is 18.2 Å². The number of carbonyl (C=O) groups is 1. The number of anilines is 2. The molecule has 2 fully saturated rings. The molecule has 2 N–H and O–H groups in total. The monoisotopic (exact) mass is 289 g/mol. The second kappa shape index (κ2) is 5.93. The van der Waals surface area contributed by atoms with Gasteiger partial charge in [0, 0.05) is 30.5 Å². The standard InChI is InChI=1S/C16H23N3O2/c1-21-16(20)14-10-12(4-5-15(14)17)19-9-6-13(11-19)18-7-2-3-8-18/h4-5,10,13H,2-3,6-9,11,17H2,1H3. The Bertz CT molecular complexity index is 526. The van der Waals surface area contributed by atoms with Crippen LogP contribution in [0.2, 0.25) is 0 Å². The molecule has 0 radical (unpaired) electrons. The highest BCUT2D eigenvalue weighted by Gasteiger charge is 2.29. The van der Waals surface area contributed by atoms with E-state index in [2.05, 4.69) is 9.80 Å². The summed E-state index contributed by atoms with van der Waals surface area (Å²) in [5.41, 5.74) is 7.86. The lowest BCUT2D eigenvalue weighted by atomic mass is 10.1. The van der Waals surface area contributed by atoms with Crippen LogP contribution in [-0.4, -0.2) is 50.2 Å². The molecule has 1 aromatic rings. The third kappa shape index (κ3) is 2.83. The summed E-state index contributed by atoms with van der Waals surface area (Å²) >= 11 is 0. The summed E-state index contributed by atoms with van der Waals surface area (Å²) in [6.45, 7) is 4.53. The highest BCUT2D eigenvalue weighted by atomic mass is 16.5. The highest BCUT2D eigenvalue weighted by molar-refractivity contribution is 5.96. The fourth-order valence-electron chi connectivity index (χ4n) is 3.41. The molecule has 2 aliphatic heterocycles. The molecule has 5 nitrogen and oxygen atoms in total. The van der Waals surface area contributed by atoms with Crippen LogP contribution in [0, 0.1) is 0 Å². The van der Waals surface area contributed by atoms with E-state index in [1.165, 1.54) is 39.5 Å². The van der Waals surface area contributed by atoms with Gasteiger partial charge in [-0.05, 0) is 50.6 Å². The first-order valence-electron chi connectivity index (χ1n) is 7.66. The van der Waals surface area contributed by atoms with Gasteiger partial charge in [-0.3, -0.25) is 4.90 Å². The van der Waals surface area contributed by atoms with Crippen LogP contribution in [0.25, 0.3) is 0 Å². The highest BCUT2D eigenvalue weighted by Crippen LogP contribution is 2.28. The zero-order chi connectivity index (χ0) is 14.8. The number of likely N-dealkylation sites (tertiary alicyclic amines) is 1. The van der Waals surface area contributed by atoms with Crippen molar-refractivity contribution >= 4 is 17.3 Å². The molecule has 0 aromatic heterocycles. The van der Waals surface area contributed by atoms with Crippen molar-refractivity contribution in [1.29, 1.82) is 0 Å². The third-order valence-corrected chi connectivity index (χ3v) is 4.63. The molecule has 1 atom stereocenters. The van der Waals surface area contributed by atoms with E-state index in [-0.39, 0.29) is 5.97 Å². The van der Waals surface area contributed by atoms with Gasteiger partial charge in [-0.2, -0.15) is 0 Å². The number of esters is 1. The van der Waals surface area contributed by atoms with Crippen molar-refractivity contribution in [1.82, 2.24) is 4.90 Å². The Morgan fingerprint density at radius 2 is 2.05 bits per heavy atom. The van der Waals surface area contributed by atoms with Gasteiger partial charge in [0.05, 0.1) is 12.7 Å². The predicted octanol–water partition coefficient (Wildman–Crippen LogP) is 1.73. The maximum Gasteiger partial charge on any atom is 0.340 e. The summed E-state index contributed by atoms with van der Waals surface area (Å²) in [5, 5.41) is 0. The number of rotatable bonds is 3. The van der Waals surface area contributed by atoms with Gasteiger partial charge in [-0.15, -0.1) is 0 Å². The summed E-state index contributed by atoms with van der Waals surface area (Å²) in [6, 6.07) is 6.29. The van der Waals surface area contributed by atoms with Crippen molar-refractivity contribution in [3.8, 4) is 0 Å². The number of hydrogen-bond acceptors (Lipinski definition) is 5. The van der Waals surface area contributed by atoms with Gasteiger partial charge in [0.1, 0.15) is 0 Å². The van der Waals surface area contributed by atoms with Crippen molar-refractivity contribution < 1.29 is 9.53 Å². The van der Waals surface area contributed by atoms with Crippen LogP contribution in [0.3, 0.4) is 0 Å². The van der Waals surface area contributed by atoms with Crippen LogP contribution >= 0.6 is 0 Å². The number of nitrogens with two attached hydrogens (primary N) is 1. The maximum atomic E-state index is 11.7. The van der Waals surface area contributed by atoms with Gasteiger partial charge < -0.3 is 15.4 Å². The zero-order valence-electron chi connectivity index (χ0n) is 12.5. The lowest BCUT2D eigenvalue weighted by Gasteiger charge is -2.24. The maximum absolute atomic E-state index is 11.7. The van der Waals surface area contributed by atoms with Crippen LogP contribution in [-0.2, 0) is 4.74 Å². The van der Waals surface area contributed by atoms with E-state index >= 15 is 0 Å². The Hall–Kier alpha value is -1.75. The van der Waals surface area contributed by atoms with E-state index < -0.39 is 0 Å². The Balaban J connectivity index is 1.74. The normalized spacial score (nSPS) is 22.7.